The van der Waals surface area contributed by atoms with Crippen molar-refractivity contribution in [1.29, 1.82) is 0 Å². The largest absolute Gasteiger partial charge is 0.479 e. The van der Waals surface area contributed by atoms with E-state index in [1.807, 2.05) is 36.4 Å². The number of aliphatic carboxylic acids is 1. The summed E-state index contributed by atoms with van der Waals surface area (Å²) >= 11 is 0. The zero-order valence-corrected chi connectivity index (χ0v) is 13.3. The van der Waals surface area contributed by atoms with E-state index in [0.29, 0.717) is 11.3 Å². The maximum atomic E-state index is 12.4. The quantitative estimate of drug-likeness (QED) is 0.645. The van der Waals surface area contributed by atoms with Crippen molar-refractivity contribution in [2.75, 3.05) is 13.7 Å². The van der Waals surface area contributed by atoms with Gasteiger partial charge in [0.15, 0.2) is 5.60 Å². The average molecular weight is 325 g/mol. The van der Waals surface area contributed by atoms with Gasteiger partial charge in [-0.15, -0.1) is 0 Å². The van der Waals surface area contributed by atoms with Gasteiger partial charge in [0.2, 0.25) is 0 Å². The molecule has 6 heteroatoms. The van der Waals surface area contributed by atoms with E-state index in [0.717, 1.165) is 10.8 Å². The van der Waals surface area contributed by atoms with Crippen molar-refractivity contribution in [2.24, 2.45) is 5.73 Å². The van der Waals surface area contributed by atoms with Crippen LogP contribution in [-0.4, -0.2) is 34.7 Å². The van der Waals surface area contributed by atoms with E-state index in [-0.39, 0.29) is 6.54 Å². The Bertz CT molecular complexity index is 842. The molecule has 0 amide bonds. The number of hydrogen-bond donors (Lipinski definition) is 3. The molecule has 3 aromatic rings. The molecule has 2 aromatic carbocycles. The number of rotatable bonds is 6. The van der Waals surface area contributed by atoms with Crippen LogP contribution in [-0.2, 0) is 15.1 Å². The molecule has 2 atom stereocenters. The van der Waals surface area contributed by atoms with E-state index in [4.69, 9.17) is 10.5 Å². The van der Waals surface area contributed by atoms with Crippen molar-refractivity contribution in [1.82, 2.24) is 9.97 Å². The molecular weight excluding hydrogens is 306 g/mol. The van der Waals surface area contributed by atoms with Crippen molar-refractivity contribution in [3.05, 3.63) is 66.2 Å². The van der Waals surface area contributed by atoms with Crippen LogP contribution in [0, 0.1) is 0 Å². The van der Waals surface area contributed by atoms with Gasteiger partial charge in [-0.1, -0.05) is 42.5 Å². The van der Waals surface area contributed by atoms with Gasteiger partial charge in [0, 0.05) is 31.1 Å². The molecule has 3 rings (SSSR count). The molecule has 0 spiro atoms. The van der Waals surface area contributed by atoms with Crippen molar-refractivity contribution in [2.45, 2.75) is 11.5 Å². The topological polar surface area (TPSA) is 101 Å². The van der Waals surface area contributed by atoms with Gasteiger partial charge in [0.25, 0.3) is 0 Å². The molecule has 1 heterocycles. The summed E-state index contributed by atoms with van der Waals surface area (Å²) in [5, 5.41) is 11.9. The summed E-state index contributed by atoms with van der Waals surface area (Å²) in [6, 6.07) is 13.2. The number of carboxylic acids is 1. The predicted molar refractivity (Wildman–Crippen MR) is 90.7 cm³/mol. The third-order valence-electron chi connectivity index (χ3n) is 4.45. The van der Waals surface area contributed by atoms with Crippen LogP contribution < -0.4 is 5.73 Å². The second-order valence-corrected chi connectivity index (χ2v) is 5.57. The SMILES string of the molecule is COC(C(=O)O)(c1cccc2ccccc12)C(CN)c1cnc[nH]1. The van der Waals surface area contributed by atoms with Crippen LogP contribution in [0.5, 0.6) is 0 Å². The Morgan fingerprint density at radius 1 is 1.33 bits per heavy atom. The Morgan fingerprint density at radius 2 is 2.08 bits per heavy atom. The Labute approximate surface area is 139 Å². The fourth-order valence-electron chi connectivity index (χ4n) is 3.31. The normalized spacial score (nSPS) is 15.1. The van der Waals surface area contributed by atoms with E-state index in [1.54, 1.807) is 12.3 Å². The van der Waals surface area contributed by atoms with Crippen molar-refractivity contribution in [3.63, 3.8) is 0 Å². The van der Waals surface area contributed by atoms with E-state index in [2.05, 4.69) is 9.97 Å². The van der Waals surface area contributed by atoms with Crippen molar-refractivity contribution >= 4 is 16.7 Å². The third-order valence-corrected chi connectivity index (χ3v) is 4.45. The first-order valence-corrected chi connectivity index (χ1v) is 7.60. The van der Waals surface area contributed by atoms with Crippen molar-refractivity contribution < 1.29 is 14.6 Å². The number of aromatic amines is 1. The lowest BCUT2D eigenvalue weighted by atomic mass is 9.77. The minimum Gasteiger partial charge on any atom is -0.479 e. The molecule has 2 unspecified atom stereocenters. The number of carboxylic acid groups (broad SMARTS) is 1. The summed E-state index contributed by atoms with van der Waals surface area (Å²) in [5.41, 5.74) is 5.52. The summed E-state index contributed by atoms with van der Waals surface area (Å²) in [6.07, 6.45) is 3.09. The first kappa shape index (κ1) is 16.2. The third kappa shape index (κ3) is 2.36. The number of imidazole rings is 1. The summed E-state index contributed by atoms with van der Waals surface area (Å²) < 4.78 is 5.64. The monoisotopic (exact) mass is 325 g/mol. The van der Waals surface area contributed by atoms with Gasteiger partial charge in [-0.2, -0.15) is 0 Å². The van der Waals surface area contributed by atoms with Gasteiger partial charge in [0.1, 0.15) is 0 Å². The summed E-state index contributed by atoms with van der Waals surface area (Å²) in [4.78, 5) is 19.3. The van der Waals surface area contributed by atoms with Gasteiger partial charge in [-0.05, 0) is 10.8 Å². The summed E-state index contributed by atoms with van der Waals surface area (Å²) in [5.74, 6) is -1.71. The lowest BCUT2D eigenvalue weighted by molar-refractivity contribution is -0.167. The maximum absolute atomic E-state index is 12.4. The van der Waals surface area contributed by atoms with Crippen LogP contribution in [0.25, 0.3) is 10.8 Å². The number of hydrogen-bond acceptors (Lipinski definition) is 4. The van der Waals surface area contributed by atoms with Gasteiger partial charge in [-0.25, -0.2) is 9.78 Å². The number of methoxy groups -OCH3 is 1. The first-order chi connectivity index (χ1) is 11.6. The highest BCUT2D eigenvalue weighted by atomic mass is 16.5. The minimum atomic E-state index is -1.62. The van der Waals surface area contributed by atoms with Gasteiger partial charge >= 0.3 is 5.97 Å². The number of benzene rings is 2. The van der Waals surface area contributed by atoms with Gasteiger partial charge < -0.3 is 20.6 Å². The lowest BCUT2D eigenvalue weighted by Gasteiger charge is -2.36. The number of ether oxygens (including phenoxy) is 1. The number of nitrogens with two attached hydrogens (primary N) is 1. The standard InChI is InChI=1S/C18H19N3O3/c1-24-18(17(22)23,15(9-19)16-10-20-11-21-16)14-8-4-6-12-5-2-3-7-13(12)14/h2-8,10-11,15H,9,19H2,1H3,(H,20,21)(H,22,23). The molecule has 0 aliphatic heterocycles. The lowest BCUT2D eigenvalue weighted by Crippen LogP contribution is -2.46. The van der Waals surface area contributed by atoms with Crippen LogP contribution in [0.4, 0.5) is 0 Å². The highest BCUT2D eigenvalue weighted by molar-refractivity contribution is 5.93. The molecule has 0 aliphatic rings. The van der Waals surface area contributed by atoms with E-state index in [9.17, 15) is 9.90 Å². The number of nitrogens with one attached hydrogen (secondary N) is 1. The zero-order chi connectivity index (χ0) is 17.2. The molecule has 4 N–H and O–H groups in total. The smallest absolute Gasteiger partial charge is 0.341 e. The Morgan fingerprint density at radius 3 is 2.71 bits per heavy atom. The number of aromatic nitrogens is 2. The van der Waals surface area contributed by atoms with Crippen LogP contribution in [0.3, 0.4) is 0 Å². The minimum absolute atomic E-state index is 0.0888. The number of fused-ring (bicyclic) bond motifs is 1. The van der Waals surface area contributed by atoms with Crippen molar-refractivity contribution in [3.8, 4) is 0 Å². The zero-order valence-electron chi connectivity index (χ0n) is 13.3. The number of H-pyrrole nitrogens is 1. The van der Waals surface area contributed by atoms with Gasteiger partial charge in [0.05, 0.1) is 12.2 Å². The molecular formula is C18H19N3O3. The van der Waals surface area contributed by atoms with Crippen LogP contribution in [0.1, 0.15) is 17.2 Å². The molecule has 1 aromatic heterocycles. The highest BCUT2D eigenvalue weighted by Crippen LogP contribution is 2.42. The Hall–Kier alpha value is -2.70. The molecule has 0 fully saturated rings. The summed E-state index contributed by atoms with van der Waals surface area (Å²) in [6.45, 7) is 0.0888. The van der Waals surface area contributed by atoms with E-state index >= 15 is 0 Å². The van der Waals surface area contributed by atoms with Crippen LogP contribution >= 0.6 is 0 Å². The highest BCUT2D eigenvalue weighted by Gasteiger charge is 2.49. The Kier molecular flexibility index (Phi) is 4.33. The molecule has 24 heavy (non-hydrogen) atoms. The maximum Gasteiger partial charge on any atom is 0.341 e. The predicted octanol–water partition coefficient (Wildman–Crippen LogP) is 2.23. The van der Waals surface area contributed by atoms with Gasteiger partial charge in [-0.3, -0.25) is 0 Å². The summed E-state index contributed by atoms with van der Waals surface area (Å²) in [7, 11) is 1.40. The molecule has 0 saturated carbocycles. The molecule has 0 saturated heterocycles. The molecule has 0 aliphatic carbocycles. The van der Waals surface area contributed by atoms with E-state index < -0.39 is 17.5 Å². The fourth-order valence-corrected chi connectivity index (χ4v) is 3.31. The van der Waals surface area contributed by atoms with Crippen LogP contribution in [0.15, 0.2) is 55.0 Å². The number of carbonyl (C=O) groups is 1. The second kappa shape index (κ2) is 6.43. The molecule has 0 radical (unpaired) electrons. The second-order valence-electron chi connectivity index (χ2n) is 5.57. The Balaban J connectivity index is 2.31. The number of nitrogens with zero attached hydrogens (tertiary/aromatic N) is 1. The fraction of sp³-hybridized carbons (Fsp3) is 0.222. The molecule has 0 bridgehead atoms. The van der Waals surface area contributed by atoms with Crippen LogP contribution in [0.2, 0.25) is 0 Å². The molecule has 124 valence electrons. The van der Waals surface area contributed by atoms with E-state index in [1.165, 1.54) is 13.4 Å². The average Bonchev–Trinajstić information content (AvgIpc) is 3.13. The molecule has 6 nitrogen and oxygen atoms in total. The first-order valence-electron chi connectivity index (χ1n) is 7.60.